The van der Waals surface area contributed by atoms with Crippen LogP contribution in [-0.2, 0) is 4.79 Å². The van der Waals surface area contributed by atoms with Crippen LogP contribution in [0, 0.1) is 5.41 Å². The van der Waals surface area contributed by atoms with E-state index in [4.69, 9.17) is 0 Å². The second-order valence-electron chi connectivity index (χ2n) is 4.57. The maximum Gasteiger partial charge on any atom is 0.225 e. The molecule has 2 N–H and O–H groups in total. The zero-order valence-corrected chi connectivity index (χ0v) is 9.22. The van der Waals surface area contributed by atoms with Crippen molar-refractivity contribution in [3.63, 3.8) is 0 Å². The lowest BCUT2D eigenvalue weighted by Gasteiger charge is -2.21. The summed E-state index contributed by atoms with van der Waals surface area (Å²) < 4.78 is 0. The molecule has 1 aromatic rings. The normalized spacial score (nSPS) is 13.7. The Morgan fingerprint density at radius 1 is 1.50 bits per heavy atom. The van der Waals surface area contributed by atoms with Gasteiger partial charge in [-0.25, -0.2) is 0 Å². The number of aromatic amines is 1. The van der Waals surface area contributed by atoms with Gasteiger partial charge in [-0.05, 0) is 19.1 Å². The molecule has 0 aliphatic heterocycles. The van der Waals surface area contributed by atoms with E-state index in [0.29, 0.717) is 0 Å². The number of aromatic nitrogens is 1. The van der Waals surface area contributed by atoms with Crippen molar-refractivity contribution in [2.24, 2.45) is 5.41 Å². The van der Waals surface area contributed by atoms with Gasteiger partial charge in [-0.2, -0.15) is 0 Å². The van der Waals surface area contributed by atoms with E-state index < -0.39 is 0 Å². The molecule has 14 heavy (non-hydrogen) atoms. The minimum Gasteiger partial charge on any atom is -0.363 e. The van der Waals surface area contributed by atoms with Crippen LogP contribution in [0.1, 0.15) is 39.4 Å². The molecule has 0 spiro atoms. The van der Waals surface area contributed by atoms with Gasteiger partial charge in [0.1, 0.15) is 0 Å². The Morgan fingerprint density at radius 2 is 2.14 bits per heavy atom. The van der Waals surface area contributed by atoms with Crippen LogP contribution >= 0.6 is 0 Å². The van der Waals surface area contributed by atoms with Crippen LogP contribution in [0.3, 0.4) is 0 Å². The summed E-state index contributed by atoms with van der Waals surface area (Å²) in [6.07, 6.45) is 1.86. The Morgan fingerprint density at radius 3 is 2.57 bits per heavy atom. The van der Waals surface area contributed by atoms with Gasteiger partial charge in [0.15, 0.2) is 0 Å². The molecule has 0 aromatic carbocycles. The van der Waals surface area contributed by atoms with E-state index >= 15 is 0 Å². The number of hydrogen-bond donors (Lipinski definition) is 2. The van der Waals surface area contributed by atoms with Crippen LogP contribution in [0.25, 0.3) is 0 Å². The maximum atomic E-state index is 11.6. The third-order valence-corrected chi connectivity index (χ3v) is 2.12. The number of amides is 1. The summed E-state index contributed by atoms with van der Waals surface area (Å²) in [5, 5.41) is 2.95. The first-order chi connectivity index (χ1) is 6.41. The first kappa shape index (κ1) is 10.8. The lowest BCUT2D eigenvalue weighted by atomic mass is 9.95. The number of rotatable bonds is 2. The molecule has 1 heterocycles. The third-order valence-electron chi connectivity index (χ3n) is 2.12. The van der Waals surface area contributed by atoms with Crippen LogP contribution < -0.4 is 5.32 Å². The van der Waals surface area contributed by atoms with E-state index in [1.807, 2.05) is 46.0 Å². The molecule has 1 aromatic heterocycles. The fourth-order valence-corrected chi connectivity index (χ4v) is 1.10. The Bertz CT molecular complexity index is 296. The Labute approximate surface area is 84.9 Å². The number of hydrogen-bond acceptors (Lipinski definition) is 1. The molecule has 0 aliphatic carbocycles. The molecule has 3 heteroatoms. The van der Waals surface area contributed by atoms with Crippen LogP contribution in [0.4, 0.5) is 0 Å². The first-order valence-electron chi connectivity index (χ1n) is 4.85. The van der Waals surface area contributed by atoms with E-state index in [2.05, 4.69) is 10.3 Å². The van der Waals surface area contributed by atoms with Gasteiger partial charge in [0.25, 0.3) is 0 Å². The van der Waals surface area contributed by atoms with Gasteiger partial charge in [-0.1, -0.05) is 20.8 Å². The summed E-state index contributed by atoms with van der Waals surface area (Å²) in [5.41, 5.74) is 0.698. The highest BCUT2D eigenvalue weighted by Crippen LogP contribution is 2.16. The molecule has 0 aliphatic rings. The first-order valence-corrected chi connectivity index (χ1v) is 4.85. The second kappa shape index (κ2) is 3.86. The third kappa shape index (κ3) is 2.62. The Hall–Kier alpha value is -1.25. The molecule has 0 saturated carbocycles. The number of carbonyl (C=O) groups is 1. The van der Waals surface area contributed by atoms with Crippen LogP contribution in [0.15, 0.2) is 18.3 Å². The largest absolute Gasteiger partial charge is 0.363 e. The summed E-state index contributed by atoms with van der Waals surface area (Å²) >= 11 is 0. The van der Waals surface area contributed by atoms with E-state index in [1.165, 1.54) is 0 Å². The highest BCUT2D eigenvalue weighted by molar-refractivity contribution is 5.81. The molecular weight excluding hydrogens is 176 g/mol. The smallest absolute Gasteiger partial charge is 0.225 e. The summed E-state index contributed by atoms with van der Waals surface area (Å²) in [7, 11) is 0. The molecule has 1 unspecified atom stereocenters. The average molecular weight is 194 g/mol. The number of carbonyl (C=O) groups excluding carboxylic acids is 1. The second-order valence-corrected chi connectivity index (χ2v) is 4.57. The monoisotopic (exact) mass is 194 g/mol. The SMILES string of the molecule is CC(NC(=O)C(C)(C)C)c1ccc[nH]1. The maximum absolute atomic E-state index is 11.6. The predicted molar refractivity (Wildman–Crippen MR) is 56.8 cm³/mol. The summed E-state index contributed by atoms with van der Waals surface area (Å²) in [5.74, 6) is 0.0691. The molecule has 0 radical (unpaired) electrons. The molecule has 3 nitrogen and oxygen atoms in total. The summed E-state index contributed by atoms with van der Waals surface area (Å²) in [6, 6.07) is 3.93. The van der Waals surface area contributed by atoms with Crippen molar-refractivity contribution in [3.05, 3.63) is 24.0 Å². The van der Waals surface area contributed by atoms with Crippen molar-refractivity contribution >= 4 is 5.91 Å². The molecule has 78 valence electrons. The molecule has 1 amide bonds. The molecular formula is C11H18N2O. The number of nitrogens with one attached hydrogen (secondary N) is 2. The van der Waals surface area contributed by atoms with Gasteiger partial charge < -0.3 is 10.3 Å². The van der Waals surface area contributed by atoms with Gasteiger partial charge in [0.05, 0.1) is 6.04 Å². The van der Waals surface area contributed by atoms with Crippen molar-refractivity contribution in [1.29, 1.82) is 0 Å². The minimum absolute atomic E-state index is 0.0386. The van der Waals surface area contributed by atoms with Crippen molar-refractivity contribution in [3.8, 4) is 0 Å². The molecule has 0 saturated heterocycles. The van der Waals surface area contributed by atoms with Gasteiger partial charge in [-0.15, -0.1) is 0 Å². The van der Waals surface area contributed by atoms with Gasteiger partial charge in [0.2, 0.25) is 5.91 Å². The Kier molecular flexibility index (Phi) is 2.99. The van der Waals surface area contributed by atoms with Crippen molar-refractivity contribution < 1.29 is 4.79 Å². The lowest BCUT2D eigenvalue weighted by Crippen LogP contribution is -2.36. The highest BCUT2D eigenvalue weighted by Gasteiger charge is 2.22. The predicted octanol–water partition coefficient (Wildman–Crippen LogP) is 2.24. The van der Waals surface area contributed by atoms with Crippen LogP contribution in [0.2, 0.25) is 0 Å². The standard InChI is InChI=1S/C11H18N2O/c1-8(9-6-5-7-12-9)13-10(14)11(2,3)4/h5-8,12H,1-4H3,(H,13,14). The van der Waals surface area contributed by atoms with Crippen molar-refractivity contribution in [1.82, 2.24) is 10.3 Å². The fraction of sp³-hybridized carbons (Fsp3) is 0.545. The fourth-order valence-electron chi connectivity index (χ4n) is 1.10. The quantitative estimate of drug-likeness (QED) is 0.745. The zero-order valence-electron chi connectivity index (χ0n) is 9.22. The molecule has 1 rings (SSSR count). The minimum atomic E-state index is -0.332. The van der Waals surface area contributed by atoms with E-state index in [-0.39, 0.29) is 17.4 Å². The summed E-state index contributed by atoms with van der Waals surface area (Å²) in [6.45, 7) is 7.69. The van der Waals surface area contributed by atoms with Crippen LogP contribution in [0.5, 0.6) is 0 Å². The van der Waals surface area contributed by atoms with E-state index in [1.54, 1.807) is 0 Å². The lowest BCUT2D eigenvalue weighted by molar-refractivity contribution is -0.129. The number of H-pyrrole nitrogens is 1. The van der Waals surface area contributed by atoms with E-state index in [0.717, 1.165) is 5.69 Å². The molecule has 0 fully saturated rings. The Balaban J connectivity index is 2.58. The van der Waals surface area contributed by atoms with Crippen molar-refractivity contribution in [2.75, 3.05) is 0 Å². The summed E-state index contributed by atoms with van der Waals surface area (Å²) in [4.78, 5) is 14.7. The zero-order chi connectivity index (χ0) is 10.8. The topological polar surface area (TPSA) is 44.9 Å². The molecule has 1 atom stereocenters. The molecule has 0 bridgehead atoms. The van der Waals surface area contributed by atoms with Gasteiger partial charge in [0, 0.05) is 17.3 Å². The van der Waals surface area contributed by atoms with E-state index in [9.17, 15) is 4.79 Å². The van der Waals surface area contributed by atoms with Crippen molar-refractivity contribution in [2.45, 2.75) is 33.7 Å². The van der Waals surface area contributed by atoms with Gasteiger partial charge in [-0.3, -0.25) is 4.79 Å². The average Bonchev–Trinajstić information content (AvgIpc) is 2.53. The van der Waals surface area contributed by atoms with Crippen LogP contribution in [-0.4, -0.2) is 10.9 Å². The van der Waals surface area contributed by atoms with Gasteiger partial charge >= 0.3 is 0 Å². The highest BCUT2D eigenvalue weighted by atomic mass is 16.2.